The molecule has 1 N–H and O–H groups in total. The summed E-state index contributed by atoms with van der Waals surface area (Å²) in [7, 11) is 0. The van der Waals surface area contributed by atoms with Gasteiger partial charge in [-0.25, -0.2) is 0 Å². The van der Waals surface area contributed by atoms with Crippen molar-refractivity contribution in [3.05, 3.63) is 21.8 Å². The first-order valence-corrected chi connectivity index (χ1v) is 6.67. The third kappa shape index (κ3) is 3.25. The molecule has 1 aliphatic heterocycles. The molecule has 0 aromatic heterocycles. The maximum Gasteiger partial charge on any atom is 0.161 e. The number of likely N-dealkylation sites (tertiary alicyclic amines) is 1. The number of phenolic OH excluding ortho intramolecular Hbond substituents is 1. The minimum atomic E-state index is 0.230. The summed E-state index contributed by atoms with van der Waals surface area (Å²) in [6.45, 7) is 3.96. The van der Waals surface area contributed by atoms with Crippen LogP contribution < -0.4 is 4.74 Å². The first kappa shape index (κ1) is 12.0. The second-order valence-corrected chi connectivity index (χ2v) is 5.25. The fourth-order valence-corrected chi connectivity index (χ4v) is 2.38. The minimum absolute atomic E-state index is 0.230. The van der Waals surface area contributed by atoms with E-state index in [-0.39, 0.29) is 5.75 Å². The number of ether oxygens (including phenoxy) is 1. The quantitative estimate of drug-likeness (QED) is 0.860. The molecule has 1 saturated heterocycles. The van der Waals surface area contributed by atoms with Crippen molar-refractivity contribution in [1.82, 2.24) is 4.90 Å². The highest BCUT2D eigenvalue weighted by atomic mass is 127. The van der Waals surface area contributed by atoms with Crippen LogP contribution >= 0.6 is 22.6 Å². The predicted octanol–water partition coefficient (Wildman–Crippen LogP) is 2.47. The molecule has 0 unspecified atom stereocenters. The van der Waals surface area contributed by atoms with Gasteiger partial charge in [0.05, 0.1) is 0 Å². The van der Waals surface area contributed by atoms with Crippen molar-refractivity contribution in [1.29, 1.82) is 0 Å². The predicted molar refractivity (Wildman–Crippen MR) is 72.0 cm³/mol. The summed E-state index contributed by atoms with van der Waals surface area (Å²) in [6.07, 6.45) is 2.60. The number of hydrogen-bond donors (Lipinski definition) is 1. The highest BCUT2D eigenvalue weighted by Crippen LogP contribution is 2.27. The van der Waals surface area contributed by atoms with Crippen molar-refractivity contribution < 1.29 is 9.84 Å². The van der Waals surface area contributed by atoms with Crippen LogP contribution in [-0.2, 0) is 0 Å². The van der Waals surface area contributed by atoms with Gasteiger partial charge in [-0.2, -0.15) is 0 Å². The Hall–Kier alpha value is -0.490. The van der Waals surface area contributed by atoms with E-state index in [2.05, 4.69) is 27.5 Å². The van der Waals surface area contributed by atoms with Crippen molar-refractivity contribution in [2.75, 3.05) is 26.2 Å². The van der Waals surface area contributed by atoms with E-state index in [0.717, 1.165) is 10.1 Å². The number of benzene rings is 1. The van der Waals surface area contributed by atoms with E-state index in [9.17, 15) is 5.11 Å². The fraction of sp³-hybridized carbons (Fsp3) is 0.500. The molecule has 2 rings (SSSR count). The van der Waals surface area contributed by atoms with E-state index in [0.29, 0.717) is 12.4 Å². The Morgan fingerprint density at radius 1 is 1.31 bits per heavy atom. The number of rotatable bonds is 4. The summed E-state index contributed by atoms with van der Waals surface area (Å²) < 4.78 is 6.57. The number of halogens is 1. The third-order valence-electron chi connectivity index (χ3n) is 2.78. The van der Waals surface area contributed by atoms with Gasteiger partial charge in [0.1, 0.15) is 6.61 Å². The Morgan fingerprint density at radius 3 is 2.75 bits per heavy atom. The lowest BCUT2D eigenvalue weighted by Crippen LogP contribution is -2.25. The first-order chi connectivity index (χ1) is 7.75. The van der Waals surface area contributed by atoms with Crippen LogP contribution in [0.15, 0.2) is 18.2 Å². The van der Waals surface area contributed by atoms with E-state index in [1.807, 2.05) is 12.1 Å². The van der Waals surface area contributed by atoms with Crippen LogP contribution in [0.4, 0.5) is 0 Å². The molecule has 0 radical (unpaired) electrons. The second-order valence-electron chi connectivity index (χ2n) is 4.01. The van der Waals surface area contributed by atoms with Crippen LogP contribution in [0.5, 0.6) is 11.5 Å². The number of aromatic hydroxyl groups is 1. The molecule has 1 fully saturated rings. The molecule has 0 spiro atoms. The largest absolute Gasteiger partial charge is 0.504 e. The molecule has 1 aromatic rings. The van der Waals surface area contributed by atoms with Gasteiger partial charge in [0.25, 0.3) is 0 Å². The Balaban J connectivity index is 1.80. The number of nitrogens with zero attached hydrogens (tertiary/aromatic N) is 1. The van der Waals surface area contributed by atoms with Crippen LogP contribution in [0, 0.1) is 3.57 Å². The molecular weight excluding hydrogens is 317 g/mol. The van der Waals surface area contributed by atoms with E-state index >= 15 is 0 Å². The molecular formula is C12H16INO2. The van der Waals surface area contributed by atoms with Gasteiger partial charge in [0.2, 0.25) is 0 Å². The summed E-state index contributed by atoms with van der Waals surface area (Å²) in [4.78, 5) is 2.39. The lowest BCUT2D eigenvalue weighted by Gasteiger charge is -2.15. The lowest BCUT2D eigenvalue weighted by atomic mass is 10.3. The van der Waals surface area contributed by atoms with Gasteiger partial charge in [-0.3, -0.25) is 4.90 Å². The number of hydrogen-bond acceptors (Lipinski definition) is 3. The molecule has 4 heteroatoms. The van der Waals surface area contributed by atoms with E-state index in [1.165, 1.54) is 25.9 Å². The smallest absolute Gasteiger partial charge is 0.161 e. The Morgan fingerprint density at radius 2 is 2.06 bits per heavy atom. The molecule has 16 heavy (non-hydrogen) atoms. The summed E-state index contributed by atoms with van der Waals surface area (Å²) >= 11 is 2.17. The van der Waals surface area contributed by atoms with Crippen molar-refractivity contribution in [3.8, 4) is 11.5 Å². The zero-order valence-electron chi connectivity index (χ0n) is 9.16. The molecule has 88 valence electrons. The third-order valence-corrected chi connectivity index (χ3v) is 3.46. The Labute approximate surface area is 110 Å². The van der Waals surface area contributed by atoms with Gasteiger partial charge in [0.15, 0.2) is 11.5 Å². The molecule has 1 aliphatic rings. The van der Waals surface area contributed by atoms with Gasteiger partial charge < -0.3 is 9.84 Å². The summed E-state index contributed by atoms with van der Waals surface area (Å²) in [5.41, 5.74) is 0. The molecule has 0 amide bonds. The van der Waals surface area contributed by atoms with Gasteiger partial charge in [-0.05, 0) is 66.7 Å². The molecule has 0 atom stereocenters. The van der Waals surface area contributed by atoms with Crippen LogP contribution in [0.3, 0.4) is 0 Å². The minimum Gasteiger partial charge on any atom is -0.504 e. The topological polar surface area (TPSA) is 32.7 Å². The van der Waals surface area contributed by atoms with Crippen LogP contribution in [-0.4, -0.2) is 36.2 Å². The molecule has 0 saturated carbocycles. The van der Waals surface area contributed by atoms with Gasteiger partial charge in [0, 0.05) is 10.1 Å². The summed E-state index contributed by atoms with van der Waals surface area (Å²) in [5, 5.41) is 9.64. The Kier molecular flexibility index (Phi) is 4.29. The number of phenols is 1. The zero-order chi connectivity index (χ0) is 11.4. The van der Waals surface area contributed by atoms with Crippen molar-refractivity contribution in [2.24, 2.45) is 0 Å². The normalized spacial score (nSPS) is 16.6. The maximum absolute atomic E-state index is 9.64. The van der Waals surface area contributed by atoms with E-state index in [1.54, 1.807) is 6.07 Å². The van der Waals surface area contributed by atoms with Crippen molar-refractivity contribution in [2.45, 2.75) is 12.8 Å². The highest BCUT2D eigenvalue weighted by Gasteiger charge is 2.11. The van der Waals surface area contributed by atoms with Gasteiger partial charge >= 0.3 is 0 Å². The molecule has 3 nitrogen and oxygen atoms in total. The fourth-order valence-electron chi connectivity index (χ4n) is 1.90. The SMILES string of the molecule is Oc1cc(I)ccc1OCCN1CCCC1. The maximum atomic E-state index is 9.64. The summed E-state index contributed by atoms with van der Waals surface area (Å²) in [5.74, 6) is 0.813. The highest BCUT2D eigenvalue weighted by molar-refractivity contribution is 14.1. The first-order valence-electron chi connectivity index (χ1n) is 5.59. The van der Waals surface area contributed by atoms with E-state index in [4.69, 9.17) is 4.74 Å². The lowest BCUT2D eigenvalue weighted by molar-refractivity contribution is 0.231. The van der Waals surface area contributed by atoms with Crippen molar-refractivity contribution >= 4 is 22.6 Å². The van der Waals surface area contributed by atoms with E-state index < -0.39 is 0 Å². The van der Waals surface area contributed by atoms with Crippen LogP contribution in [0.2, 0.25) is 0 Å². The summed E-state index contributed by atoms with van der Waals surface area (Å²) in [6, 6.07) is 5.47. The zero-order valence-corrected chi connectivity index (χ0v) is 11.3. The molecule has 0 aliphatic carbocycles. The average Bonchev–Trinajstić information content (AvgIpc) is 2.74. The monoisotopic (exact) mass is 333 g/mol. The average molecular weight is 333 g/mol. The van der Waals surface area contributed by atoms with Crippen molar-refractivity contribution in [3.63, 3.8) is 0 Å². The van der Waals surface area contributed by atoms with Crippen LogP contribution in [0.25, 0.3) is 0 Å². The second kappa shape index (κ2) is 5.72. The molecule has 0 bridgehead atoms. The molecule has 1 heterocycles. The van der Waals surface area contributed by atoms with Gasteiger partial charge in [-0.1, -0.05) is 0 Å². The Bertz CT molecular complexity index is 351. The molecule has 1 aromatic carbocycles. The standard InChI is InChI=1S/C12H16INO2/c13-10-3-4-12(11(15)9-10)16-8-7-14-5-1-2-6-14/h3-4,9,15H,1-2,5-8H2. The van der Waals surface area contributed by atoms with Crippen LogP contribution in [0.1, 0.15) is 12.8 Å². The van der Waals surface area contributed by atoms with Gasteiger partial charge in [-0.15, -0.1) is 0 Å².